The summed E-state index contributed by atoms with van der Waals surface area (Å²) in [5.74, 6) is 1.45. The van der Waals surface area contributed by atoms with Gasteiger partial charge in [-0.2, -0.15) is 5.10 Å². The monoisotopic (exact) mass is 501 g/mol. The minimum atomic E-state index is 0.641. The van der Waals surface area contributed by atoms with E-state index < -0.39 is 0 Å². The van der Waals surface area contributed by atoms with Gasteiger partial charge in [0.05, 0.1) is 22.4 Å². The second-order valence-electron chi connectivity index (χ2n) is 9.91. The summed E-state index contributed by atoms with van der Waals surface area (Å²) in [6.07, 6.45) is 14.5. The third kappa shape index (κ3) is 4.31. The van der Waals surface area contributed by atoms with Gasteiger partial charge < -0.3 is 10.3 Å². The quantitative estimate of drug-likeness (QED) is 0.271. The van der Waals surface area contributed by atoms with Crippen LogP contribution in [0.5, 0.6) is 0 Å². The Bertz CT molecular complexity index is 1710. The molecule has 6 aromatic rings. The molecular formula is C29H27N9. The van der Waals surface area contributed by atoms with E-state index in [9.17, 15) is 0 Å². The first-order valence-corrected chi connectivity index (χ1v) is 13.1. The first kappa shape index (κ1) is 22.7. The van der Waals surface area contributed by atoms with Gasteiger partial charge in [-0.15, -0.1) is 0 Å². The molecule has 3 N–H and O–H groups in total. The smallest absolute Gasteiger partial charge is 0.161 e. The average molecular weight is 502 g/mol. The molecule has 0 aliphatic heterocycles. The fraction of sp³-hybridized carbons (Fsp3) is 0.241. The maximum absolute atomic E-state index is 4.98. The zero-order valence-electron chi connectivity index (χ0n) is 20.9. The average Bonchev–Trinajstić information content (AvgIpc) is 3.73. The maximum atomic E-state index is 4.98. The minimum absolute atomic E-state index is 0.641. The zero-order valence-corrected chi connectivity index (χ0v) is 20.9. The molecule has 0 radical (unpaired) electrons. The van der Waals surface area contributed by atoms with E-state index in [0.29, 0.717) is 11.5 Å². The molecule has 0 spiro atoms. The lowest BCUT2D eigenvalue weighted by atomic mass is 10.1. The summed E-state index contributed by atoms with van der Waals surface area (Å²) in [5.41, 5.74) is 8.67. The van der Waals surface area contributed by atoms with Crippen LogP contribution in [0.3, 0.4) is 0 Å². The van der Waals surface area contributed by atoms with E-state index in [2.05, 4.69) is 41.5 Å². The van der Waals surface area contributed by atoms with E-state index in [-0.39, 0.29) is 0 Å². The number of nitrogens with one attached hydrogen (secondary N) is 3. The summed E-state index contributed by atoms with van der Waals surface area (Å²) < 4.78 is 0. The third-order valence-corrected chi connectivity index (χ3v) is 7.31. The number of hydrogen-bond donors (Lipinski definition) is 3. The number of pyridine rings is 4. The first-order chi connectivity index (χ1) is 18.8. The lowest BCUT2D eigenvalue weighted by Gasteiger charge is -2.11. The van der Waals surface area contributed by atoms with E-state index in [1.807, 2.05) is 42.7 Å². The Morgan fingerprint density at radius 1 is 0.816 bits per heavy atom. The first-order valence-electron chi connectivity index (χ1n) is 13.1. The Labute approximate surface area is 219 Å². The molecule has 188 valence electrons. The molecular weight excluding hydrogens is 474 g/mol. The Kier molecular flexibility index (Phi) is 5.82. The second-order valence-corrected chi connectivity index (χ2v) is 9.91. The molecule has 0 aromatic carbocycles. The minimum Gasteiger partial charge on any atom is -0.336 e. The van der Waals surface area contributed by atoms with Crippen LogP contribution in [0.25, 0.3) is 56.1 Å². The van der Waals surface area contributed by atoms with Crippen molar-refractivity contribution in [3.63, 3.8) is 0 Å². The number of fused-ring (bicyclic) bond motifs is 2. The number of rotatable bonds is 7. The van der Waals surface area contributed by atoms with Crippen LogP contribution in [0.4, 0.5) is 0 Å². The van der Waals surface area contributed by atoms with Crippen LogP contribution in [-0.4, -0.2) is 46.6 Å². The Hall–Kier alpha value is -4.50. The fourth-order valence-corrected chi connectivity index (χ4v) is 5.35. The largest absolute Gasteiger partial charge is 0.336 e. The van der Waals surface area contributed by atoms with Crippen molar-refractivity contribution < 1.29 is 0 Å². The van der Waals surface area contributed by atoms with Crippen molar-refractivity contribution in [2.24, 2.45) is 5.92 Å². The molecule has 1 aliphatic rings. The molecule has 1 saturated carbocycles. The molecule has 0 saturated heterocycles. The van der Waals surface area contributed by atoms with Gasteiger partial charge in [-0.25, -0.2) is 9.97 Å². The van der Waals surface area contributed by atoms with E-state index in [0.717, 1.165) is 69.2 Å². The van der Waals surface area contributed by atoms with Crippen LogP contribution < -0.4 is 5.32 Å². The van der Waals surface area contributed by atoms with Crippen LogP contribution in [0.15, 0.2) is 67.4 Å². The van der Waals surface area contributed by atoms with Crippen molar-refractivity contribution in [2.45, 2.75) is 32.2 Å². The molecule has 9 nitrogen and oxygen atoms in total. The SMILES string of the molecule is c1cc(-c2nccc3[nH]c(-c4n[nH]c5ccc(-c6cncc(CNCC7CCCC7)c6)nc45)nc23)ccn1. The highest BCUT2D eigenvalue weighted by molar-refractivity contribution is 5.95. The van der Waals surface area contributed by atoms with Crippen molar-refractivity contribution in [1.29, 1.82) is 0 Å². The molecule has 6 aromatic heterocycles. The Balaban J connectivity index is 1.20. The predicted octanol–water partition coefficient (Wildman–Crippen LogP) is 5.30. The van der Waals surface area contributed by atoms with E-state index in [1.165, 1.54) is 25.7 Å². The molecule has 0 atom stereocenters. The molecule has 0 bridgehead atoms. The molecule has 0 unspecified atom stereocenters. The van der Waals surface area contributed by atoms with Gasteiger partial charge in [-0.3, -0.25) is 20.1 Å². The van der Waals surface area contributed by atoms with Crippen LogP contribution in [0, 0.1) is 5.92 Å². The molecule has 1 aliphatic carbocycles. The summed E-state index contributed by atoms with van der Waals surface area (Å²) in [6.45, 7) is 1.88. The van der Waals surface area contributed by atoms with Gasteiger partial charge in [-0.1, -0.05) is 12.8 Å². The normalized spacial score (nSPS) is 14.1. The standard InChI is InChI=1S/C29H27N9/c1-2-4-18(3-1)14-31-15-19-13-21(17-32-16-19)22-5-6-24-27(34-22)28(38-37-24)29-35-23-9-12-33-25(26(23)36-29)20-7-10-30-11-8-20/h5-13,16-18,31H,1-4,14-15H2,(H,35,36)(H,37,38). The highest BCUT2D eigenvalue weighted by atomic mass is 15.2. The maximum Gasteiger partial charge on any atom is 0.161 e. The summed E-state index contributed by atoms with van der Waals surface area (Å²) in [4.78, 5) is 26.4. The van der Waals surface area contributed by atoms with Crippen LogP contribution in [-0.2, 0) is 6.54 Å². The molecule has 0 amide bonds. The third-order valence-electron chi connectivity index (χ3n) is 7.31. The molecule has 7 rings (SSSR count). The molecule has 38 heavy (non-hydrogen) atoms. The van der Waals surface area contributed by atoms with Crippen LogP contribution >= 0.6 is 0 Å². The lowest BCUT2D eigenvalue weighted by Crippen LogP contribution is -2.20. The van der Waals surface area contributed by atoms with Gasteiger partial charge in [0.1, 0.15) is 11.0 Å². The highest BCUT2D eigenvalue weighted by Gasteiger charge is 2.18. The molecule has 6 heterocycles. The summed E-state index contributed by atoms with van der Waals surface area (Å²) in [6, 6.07) is 12.0. The Morgan fingerprint density at radius 2 is 1.68 bits per heavy atom. The lowest BCUT2D eigenvalue weighted by molar-refractivity contribution is 0.489. The van der Waals surface area contributed by atoms with E-state index in [1.54, 1.807) is 18.6 Å². The van der Waals surface area contributed by atoms with Gasteiger partial charge >= 0.3 is 0 Å². The van der Waals surface area contributed by atoms with Gasteiger partial charge in [-0.05, 0) is 67.3 Å². The molecule has 9 heteroatoms. The number of aromatic nitrogens is 8. The number of hydrogen-bond acceptors (Lipinski definition) is 7. The number of nitrogens with zero attached hydrogens (tertiary/aromatic N) is 6. The van der Waals surface area contributed by atoms with Crippen molar-refractivity contribution in [3.05, 3.63) is 72.9 Å². The summed E-state index contributed by atoms with van der Waals surface area (Å²) in [7, 11) is 0. The predicted molar refractivity (Wildman–Crippen MR) is 147 cm³/mol. The topological polar surface area (TPSA) is 121 Å². The van der Waals surface area contributed by atoms with Crippen molar-refractivity contribution >= 4 is 22.1 Å². The fourth-order valence-electron chi connectivity index (χ4n) is 5.35. The highest BCUT2D eigenvalue weighted by Crippen LogP contribution is 2.30. The van der Waals surface area contributed by atoms with Gasteiger partial charge in [0.2, 0.25) is 0 Å². The number of aromatic amines is 2. The van der Waals surface area contributed by atoms with Gasteiger partial charge in [0.25, 0.3) is 0 Å². The van der Waals surface area contributed by atoms with Gasteiger partial charge in [0.15, 0.2) is 11.5 Å². The van der Waals surface area contributed by atoms with Crippen LogP contribution in [0.2, 0.25) is 0 Å². The van der Waals surface area contributed by atoms with Crippen molar-refractivity contribution in [3.8, 4) is 34.0 Å². The molecule has 1 fully saturated rings. The number of H-pyrrole nitrogens is 2. The Morgan fingerprint density at radius 3 is 2.58 bits per heavy atom. The van der Waals surface area contributed by atoms with E-state index >= 15 is 0 Å². The number of imidazole rings is 1. The van der Waals surface area contributed by atoms with Gasteiger partial charge in [0, 0.05) is 48.7 Å². The van der Waals surface area contributed by atoms with Crippen LogP contribution in [0.1, 0.15) is 31.2 Å². The zero-order chi connectivity index (χ0) is 25.3. The van der Waals surface area contributed by atoms with Crippen molar-refractivity contribution in [2.75, 3.05) is 6.54 Å². The van der Waals surface area contributed by atoms with E-state index in [4.69, 9.17) is 9.97 Å². The van der Waals surface area contributed by atoms with Crippen molar-refractivity contribution in [1.82, 2.24) is 45.4 Å². The summed E-state index contributed by atoms with van der Waals surface area (Å²) >= 11 is 0. The summed E-state index contributed by atoms with van der Waals surface area (Å²) in [5, 5.41) is 11.3. The second kappa shape index (κ2) is 9.75.